The van der Waals surface area contributed by atoms with Gasteiger partial charge in [0.2, 0.25) is 0 Å². The summed E-state index contributed by atoms with van der Waals surface area (Å²) in [7, 11) is 0. The van der Waals surface area contributed by atoms with Gasteiger partial charge in [-0.05, 0) is 32.9 Å². The van der Waals surface area contributed by atoms with Crippen molar-refractivity contribution < 1.29 is 0 Å². The van der Waals surface area contributed by atoms with Crippen LogP contribution in [0.1, 0.15) is 31.4 Å². The maximum Gasteiger partial charge on any atom is 0.0913 e. The van der Waals surface area contributed by atoms with E-state index < -0.39 is 0 Å². The Labute approximate surface area is 103 Å². The third-order valence-corrected chi connectivity index (χ3v) is 4.62. The van der Waals surface area contributed by atoms with Crippen LogP contribution in [0.25, 0.3) is 0 Å². The summed E-state index contributed by atoms with van der Waals surface area (Å²) < 4.78 is 0. The van der Waals surface area contributed by atoms with Crippen LogP contribution in [0.2, 0.25) is 0 Å². The van der Waals surface area contributed by atoms with Gasteiger partial charge in [0.25, 0.3) is 0 Å². The van der Waals surface area contributed by atoms with Crippen molar-refractivity contribution in [1.82, 2.24) is 10.4 Å². The lowest BCUT2D eigenvalue weighted by atomic mass is 10.2. The molecule has 0 radical (unpaired) electrons. The normalized spacial score (nSPS) is 13.0. The summed E-state index contributed by atoms with van der Waals surface area (Å²) in [4.78, 5) is 8.19. The van der Waals surface area contributed by atoms with Crippen molar-refractivity contribution in [3.8, 4) is 0 Å². The Balaban J connectivity index is 2.40. The molecule has 2 aromatic rings. The Bertz CT molecular complexity index is 487. The number of hydrogen-bond acceptors (Lipinski definition) is 5. The molecule has 0 amide bonds. The number of nitrogens with one attached hydrogen (secondary N) is 1. The van der Waals surface area contributed by atoms with Crippen LogP contribution in [0.5, 0.6) is 0 Å². The molecule has 0 fully saturated rings. The number of nitrogens with two attached hydrogens (primary N) is 1. The molecule has 3 nitrogen and oxygen atoms in total. The Kier molecular flexibility index (Phi) is 3.39. The zero-order valence-corrected chi connectivity index (χ0v) is 11.2. The molecular formula is C11H15N3S2. The Morgan fingerprint density at radius 3 is 2.44 bits per heavy atom. The van der Waals surface area contributed by atoms with Crippen LogP contribution < -0.4 is 11.3 Å². The van der Waals surface area contributed by atoms with E-state index in [1.54, 1.807) is 22.7 Å². The van der Waals surface area contributed by atoms with Crippen molar-refractivity contribution >= 4 is 22.7 Å². The van der Waals surface area contributed by atoms with Crippen LogP contribution in [-0.2, 0) is 0 Å². The number of nitrogens with zero attached hydrogens (tertiary/aromatic N) is 1. The molecule has 2 rings (SSSR count). The summed E-state index contributed by atoms with van der Waals surface area (Å²) >= 11 is 3.47. The summed E-state index contributed by atoms with van der Waals surface area (Å²) in [6, 6.07) is 4.32. The highest BCUT2D eigenvalue weighted by molar-refractivity contribution is 7.13. The van der Waals surface area contributed by atoms with Crippen molar-refractivity contribution in [3.05, 3.63) is 37.5 Å². The second kappa shape index (κ2) is 4.63. The van der Waals surface area contributed by atoms with Crippen LogP contribution in [0.3, 0.4) is 0 Å². The van der Waals surface area contributed by atoms with Gasteiger partial charge in [-0.2, -0.15) is 0 Å². The van der Waals surface area contributed by atoms with Crippen molar-refractivity contribution in [1.29, 1.82) is 0 Å². The first-order chi connectivity index (χ1) is 7.61. The lowest BCUT2D eigenvalue weighted by molar-refractivity contribution is 0.652. The Morgan fingerprint density at radius 1 is 1.25 bits per heavy atom. The molecule has 0 saturated heterocycles. The fourth-order valence-electron chi connectivity index (χ4n) is 1.71. The maximum absolute atomic E-state index is 5.66. The molecule has 0 aromatic carbocycles. The van der Waals surface area contributed by atoms with E-state index in [4.69, 9.17) is 5.84 Å². The minimum atomic E-state index is 0.0740. The number of rotatable bonds is 3. The van der Waals surface area contributed by atoms with Crippen LogP contribution in [0, 0.1) is 20.8 Å². The van der Waals surface area contributed by atoms with E-state index >= 15 is 0 Å². The van der Waals surface area contributed by atoms with Crippen molar-refractivity contribution in [2.24, 2.45) is 5.84 Å². The average Bonchev–Trinajstić information content (AvgIpc) is 2.76. The van der Waals surface area contributed by atoms with Crippen molar-refractivity contribution in [2.75, 3.05) is 0 Å². The van der Waals surface area contributed by atoms with Crippen LogP contribution in [0.4, 0.5) is 0 Å². The monoisotopic (exact) mass is 253 g/mol. The number of hydrazine groups is 1. The van der Waals surface area contributed by atoms with Gasteiger partial charge in [-0.15, -0.1) is 22.7 Å². The summed E-state index contributed by atoms with van der Waals surface area (Å²) in [5, 5.41) is 1.08. The fourth-order valence-corrected chi connectivity index (χ4v) is 3.74. The largest absolute Gasteiger partial charge is 0.271 e. The lowest BCUT2D eigenvalue weighted by Gasteiger charge is -2.12. The number of thiophene rings is 1. The molecular weight excluding hydrogens is 238 g/mol. The molecule has 0 spiro atoms. The summed E-state index contributed by atoms with van der Waals surface area (Å²) in [5.41, 5.74) is 3.95. The quantitative estimate of drug-likeness (QED) is 0.653. The van der Waals surface area contributed by atoms with Gasteiger partial charge in [0.15, 0.2) is 0 Å². The highest BCUT2D eigenvalue weighted by Crippen LogP contribution is 2.32. The molecule has 0 bridgehead atoms. The first-order valence-corrected chi connectivity index (χ1v) is 6.71. The number of thiazole rings is 1. The summed E-state index contributed by atoms with van der Waals surface area (Å²) in [6.45, 7) is 6.16. The summed E-state index contributed by atoms with van der Waals surface area (Å²) in [6.07, 6.45) is 0. The molecule has 0 aliphatic heterocycles. The number of hydrogen-bond donors (Lipinski definition) is 2. The highest BCUT2D eigenvalue weighted by Gasteiger charge is 2.19. The van der Waals surface area contributed by atoms with Gasteiger partial charge in [0.05, 0.1) is 21.6 Å². The topological polar surface area (TPSA) is 50.9 Å². The third kappa shape index (κ3) is 2.17. The van der Waals surface area contributed by atoms with Gasteiger partial charge < -0.3 is 0 Å². The zero-order chi connectivity index (χ0) is 11.7. The molecule has 5 heteroatoms. The molecule has 16 heavy (non-hydrogen) atoms. The van der Waals surface area contributed by atoms with Crippen LogP contribution in [0.15, 0.2) is 12.1 Å². The standard InChI is InChI=1S/C11H15N3S2/c1-6-4-5-9(15-6)10(14-12)11-7(2)13-8(3)16-11/h4-5,10,14H,12H2,1-3H3. The van der Waals surface area contributed by atoms with E-state index in [-0.39, 0.29) is 6.04 Å². The van der Waals surface area contributed by atoms with E-state index in [9.17, 15) is 0 Å². The molecule has 0 aliphatic rings. The van der Waals surface area contributed by atoms with E-state index in [2.05, 4.69) is 29.5 Å². The van der Waals surface area contributed by atoms with Crippen molar-refractivity contribution in [2.45, 2.75) is 26.8 Å². The second-order valence-corrected chi connectivity index (χ2v) is 6.28. The van der Waals surface area contributed by atoms with E-state index in [0.717, 1.165) is 10.7 Å². The van der Waals surface area contributed by atoms with Crippen LogP contribution in [-0.4, -0.2) is 4.98 Å². The maximum atomic E-state index is 5.66. The zero-order valence-electron chi connectivity index (χ0n) is 9.57. The predicted octanol–water partition coefficient (Wildman–Crippen LogP) is 2.68. The molecule has 86 valence electrons. The minimum Gasteiger partial charge on any atom is -0.271 e. The van der Waals surface area contributed by atoms with Gasteiger partial charge in [0.1, 0.15) is 0 Å². The van der Waals surface area contributed by atoms with E-state index in [0.29, 0.717) is 0 Å². The molecule has 1 atom stereocenters. The molecule has 2 heterocycles. The molecule has 1 unspecified atom stereocenters. The Hall–Kier alpha value is -0.750. The van der Waals surface area contributed by atoms with Crippen LogP contribution >= 0.6 is 22.7 Å². The van der Waals surface area contributed by atoms with Gasteiger partial charge >= 0.3 is 0 Å². The highest BCUT2D eigenvalue weighted by atomic mass is 32.1. The first kappa shape index (κ1) is 11.7. The number of aryl methyl sites for hydroxylation is 3. The van der Waals surface area contributed by atoms with Gasteiger partial charge in [-0.25, -0.2) is 10.4 Å². The molecule has 0 saturated carbocycles. The van der Waals surface area contributed by atoms with Crippen molar-refractivity contribution in [3.63, 3.8) is 0 Å². The SMILES string of the molecule is Cc1ccc(C(NN)c2sc(C)nc2C)s1. The third-order valence-electron chi connectivity index (χ3n) is 2.41. The second-order valence-electron chi connectivity index (χ2n) is 3.73. The smallest absolute Gasteiger partial charge is 0.0913 e. The lowest BCUT2D eigenvalue weighted by Crippen LogP contribution is -2.28. The average molecular weight is 253 g/mol. The molecule has 0 aliphatic carbocycles. The number of aromatic nitrogens is 1. The minimum absolute atomic E-state index is 0.0740. The summed E-state index contributed by atoms with van der Waals surface area (Å²) in [5.74, 6) is 5.66. The van der Waals surface area contributed by atoms with Gasteiger partial charge in [-0.1, -0.05) is 0 Å². The Morgan fingerprint density at radius 2 is 2.00 bits per heavy atom. The predicted molar refractivity (Wildman–Crippen MR) is 69.8 cm³/mol. The van der Waals surface area contributed by atoms with E-state index in [1.807, 2.05) is 13.8 Å². The molecule has 3 N–H and O–H groups in total. The fraction of sp³-hybridized carbons (Fsp3) is 0.364. The van der Waals surface area contributed by atoms with E-state index in [1.165, 1.54) is 14.6 Å². The first-order valence-electron chi connectivity index (χ1n) is 5.08. The van der Waals surface area contributed by atoms with Gasteiger partial charge in [0, 0.05) is 9.75 Å². The molecule has 2 aromatic heterocycles. The van der Waals surface area contributed by atoms with Gasteiger partial charge in [-0.3, -0.25) is 5.84 Å².